The molecule has 1 heterocycles. The first-order valence-corrected chi connectivity index (χ1v) is 7.74. The van der Waals surface area contributed by atoms with E-state index in [2.05, 4.69) is 45.0 Å². The van der Waals surface area contributed by atoms with Crippen LogP contribution >= 0.6 is 11.3 Å². The maximum Gasteiger partial charge on any atom is 0.185 e. The average Bonchev–Trinajstić information content (AvgIpc) is 2.79. The molecule has 4 nitrogen and oxygen atoms in total. The van der Waals surface area contributed by atoms with E-state index in [-0.39, 0.29) is 0 Å². The maximum atomic E-state index is 5.22. The highest BCUT2D eigenvalue weighted by Crippen LogP contribution is 2.31. The Hall–Kier alpha value is -0.650. The fourth-order valence-electron chi connectivity index (χ4n) is 1.86. The minimum Gasteiger partial charge on any atom is -0.383 e. The molecule has 0 aromatic carbocycles. The molecule has 0 bridgehead atoms. The lowest BCUT2D eigenvalue weighted by molar-refractivity contribution is 0.183. The third-order valence-corrected chi connectivity index (χ3v) is 4.33. The zero-order chi connectivity index (χ0) is 14.4. The van der Waals surface area contributed by atoms with Crippen LogP contribution in [-0.4, -0.2) is 38.3 Å². The van der Waals surface area contributed by atoms with Gasteiger partial charge in [0.1, 0.15) is 0 Å². The highest BCUT2D eigenvalue weighted by atomic mass is 32.1. The van der Waals surface area contributed by atoms with Crippen molar-refractivity contribution in [2.24, 2.45) is 0 Å². The summed E-state index contributed by atoms with van der Waals surface area (Å²) < 4.78 is 5.22. The minimum atomic E-state index is 0.336. The van der Waals surface area contributed by atoms with Crippen molar-refractivity contribution < 1.29 is 4.74 Å². The fraction of sp³-hybridized carbons (Fsp3) is 0.786. The van der Waals surface area contributed by atoms with Crippen molar-refractivity contribution >= 4 is 16.5 Å². The Balaban J connectivity index is 2.89. The van der Waals surface area contributed by atoms with Gasteiger partial charge in [0, 0.05) is 25.6 Å². The van der Waals surface area contributed by atoms with E-state index < -0.39 is 0 Å². The van der Waals surface area contributed by atoms with Crippen LogP contribution in [0.1, 0.15) is 44.2 Å². The normalized spacial score (nSPS) is 13.0. The number of anilines is 1. The molecule has 0 aliphatic carbocycles. The zero-order valence-electron chi connectivity index (χ0n) is 13.0. The molecule has 1 atom stereocenters. The molecule has 0 spiro atoms. The largest absolute Gasteiger partial charge is 0.383 e. The SMILES string of the molecule is CCNCc1sc(N(C)C(C)COC)nc1C(C)C. The molecule has 0 aliphatic heterocycles. The number of aromatic nitrogens is 1. The third-order valence-electron chi connectivity index (χ3n) is 3.17. The van der Waals surface area contributed by atoms with Crippen molar-refractivity contribution in [2.45, 2.75) is 46.2 Å². The Morgan fingerprint density at radius 1 is 1.37 bits per heavy atom. The number of rotatable bonds is 8. The van der Waals surface area contributed by atoms with E-state index in [1.165, 1.54) is 10.6 Å². The van der Waals surface area contributed by atoms with Crippen molar-refractivity contribution in [3.8, 4) is 0 Å². The van der Waals surface area contributed by atoms with Gasteiger partial charge < -0.3 is 15.0 Å². The average molecular weight is 285 g/mol. The van der Waals surface area contributed by atoms with Gasteiger partial charge in [0.05, 0.1) is 18.3 Å². The van der Waals surface area contributed by atoms with E-state index in [0.29, 0.717) is 12.0 Å². The summed E-state index contributed by atoms with van der Waals surface area (Å²) in [5.41, 5.74) is 1.22. The molecule has 0 saturated carbocycles. The molecule has 0 fully saturated rings. The summed E-state index contributed by atoms with van der Waals surface area (Å²) in [5, 5.41) is 4.48. The summed E-state index contributed by atoms with van der Waals surface area (Å²) in [6.45, 7) is 11.3. The van der Waals surface area contributed by atoms with Gasteiger partial charge in [-0.25, -0.2) is 4.98 Å². The van der Waals surface area contributed by atoms with Crippen LogP contribution in [0.5, 0.6) is 0 Å². The number of nitrogens with one attached hydrogen (secondary N) is 1. The molecule has 1 unspecified atom stereocenters. The van der Waals surface area contributed by atoms with Crippen molar-refractivity contribution in [3.63, 3.8) is 0 Å². The van der Waals surface area contributed by atoms with E-state index in [0.717, 1.165) is 24.8 Å². The standard InChI is InChI=1S/C14H27N3OS/c1-7-15-8-12-13(10(2)3)16-14(19-12)17(5)11(4)9-18-6/h10-11,15H,7-9H2,1-6H3. The molecule has 1 aromatic heterocycles. The summed E-state index contributed by atoms with van der Waals surface area (Å²) in [6, 6.07) is 0.336. The van der Waals surface area contributed by atoms with E-state index in [4.69, 9.17) is 9.72 Å². The lowest BCUT2D eigenvalue weighted by atomic mass is 10.1. The molecule has 0 saturated heterocycles. The first-order chi connectivity index (χ1) is 9.01. The first-order valence-electron chi connectivity index (χ1n) is 6.93. The van der Waals surface area contributed by atoms with Gasteiger partial charge in [-0.05, 0) is 19.4 Å². The van der Waals surface area contributed by atoms with Gasteiger partial charge in [0.25, 0.3) is 0 Å². The van der Waals surface area contributed by atoms with Crippen molar-refractivity contribution in [3.05, 3.63) is 10.6 Å². The van der Waals surface area contributed by atoms with Crippen molar-refractivity contribution in [2.75, 3.05) is 32.2 Å². The molecule has 1 aromatic rings. The summed E-state index contributed by atoms with van der Waals surface area (Å²) in [4.78, 5) is 8.37. The van der Waals surface area contributed by atoms with Gasteiger partial charge in [-0.2, -0.15) is 0 Å². The van der Waals surface area contributed by atoms with Crippen LogP contribution in [0.2, 0.25) is 0 Å². The van der Waals surface area contributed by atoms with E-state index in [9.17, 15) is 0 Å². The fourth-order valence-corrected chi connectivity index (χ4v) is 3.11. The number of thiazole rings is 1. The Morgan fingerprint density at radius 2 is 2.05 bits per heavy atom. The molecule has 0 radical (unpaired) electrons. The van der Waals surface area contributed by atoms with Gasteiger partial charge in [-0.3, -0.25) is 0 Å². The topological polar surface area (TPSA) is 37.4 Å². The Morgan fingerprint density at radius 3 is 2.58 bits per heavy atom. The Bertz CT molecular complexity index is 379. The van der Waals surface area contributed by atoms with Crippen molar-refractivity contribution in [1.29, 1.82) is 0 Å². The molecule has 0 aliphatic rings. The van der Waals surface area contributed by atoms with Crippen LogP contribution in [0.3, 0.4) is 0 Å². The lowest BCUT2D eigenvalue weighted by Crippen LogP contribution is -2.32. The number of ether oxygens (including phenoxy) is 1. The van der Waals surface area contributed by atoms with E-state index >= 15 is 0 Å². The maximum absolute atomic E-state index is 5.22. The molecule has 110 valence electrons. The second kappa shape index (κ2) is 7.82. The predicted octanol–water partition coefficient (Wildman–Crippen LogP) is 2.85. The summed E-state index contributed by atoms with van der Waals surface area (Å²) in [6.07, 6.45) is 0. The Kier molecular flexibility index (Phi) is 6.75. The first kappa shape index (κ1) is 16.4. The van der Waals surface area contributed by atoms with Crippen LogP contribution in [0.15, 0.2) is 0 Å². The van der Waals surface area contributed by atoms with Crippen LogP contribution in [0.4, 0.5) is 5.13 Å². The number of nitrogens with zero attached hydrogens (tertiary/aromatic N) is 2. The van der Waals surface area contributed by atoms with Crippen molar-refractivity contribution in [1.82, 2.24) is 10.3 Å². The summed E-state index contributed by atoms with van der Waals surface area (Å²) in [5.74, 6) is 0.463. The number of methoxy groups -OCH3 is 1. The number of likely N-dealkylation sites (N-methyl/N-ethyl adjacent to an activating group) is 1. The van der Waals surface area contributed by atoms with E-state index in [1.54, 1.807) is 18.4 Å². The molecule has 0 amide bonds. The highest BCUT2D eigenvalue weighted by Gasteiger charge is 2.18. The quantitative estimate of drug-likeness (QED) is 0.797. The minimum absolute atomic E-state index is 0.336. The molecular formula is C14H27N3OS. The molecule has 1 rings (SSSR count). The molecule has 5 heteroatoms. The summed E-state index contributed by atoms with van der Waals surface area (Å²) in [7, 11) is 3.83. The molecule has 19 heavy (non-hydrogen) atoms. The number of hydrogen-bond donors (Lipinski definition) is 1. The van der Waals surface area contributed by atoms with Gasteiger partial charge in [-0.1, -0.05) is 20.8 Å². The molecule has 1 N–H and O–H groups in total. The Labute approximate surface area is 121 Å². The van der Waals surface area contributed by atoms with Crippen LogP contribution in [0, 0.1) is 0 Å². The van der Waals surface area contributed by atoms with E-state index in [1.807, 2.05) is 0 Å². The van der Waals surface area contributed by atoms with Gasteiger partial charge in [0.2, 0.25) is 0 Å². The van der Waals surface area contributed by atoms with Gasteiger partial charge in [0.15, 0.2) is 5.13 Å². The monoisotopic (exact) mass is 285 g/mol. The van der Waals surface area contributed by atoms with Crippen LogP contribution in [0.25, 0.3) is 0 Å². The number of hydrogen-bond acceptors (Lipinski definition) is 5. The van der Waals surface area contributed by atoms with Gasteiger partial charge in [-0.15, -0.1) is 11.3 Å². The molecular weight excluding hydrogens is 258 g/mol. The van der Waals surface area contributed by atoms with Gasteiger partial charge >= 0.3 is 0 Å². The second-order valence-electron chi connectivity index (χ2n) is 5.16. The smallest absolute Gasteiger partial charge is 0.185 e. The second-order valence-corrected chi connectivity index (χ2v) is 6.22. The summed E-state index contributed by atoms with van der Waals surface area (Å²) >= 11 is 1.79. The zero-order valence-corrected chi connectivity index (χ0v) is 13.8. The van der Waals surface area contributed by atoms with Crippen LogP contribution in [-0.2, 0) is 11.3 Å². The third kappa shape index (κ3) is 4.44. The lowest BCUT2D eigenvalue weighted by Gasteiger charge is -2.23. The van der Waals surface area contributed by atoms with Crippen LogP contribution < -0.4 is 10.2 Å². The predicted molar refractivity (Wildman–Crippen MR) is 83.3 cm³/mol. The highest BCUT2D eigenvalue weighted by molar-refractivity contribution is 7.15.